The van der Waals surface area contributed by atoms with Crippen LogP contribution in [0.15, 0.2) is 122 Å². The molecule has 77 heavy (non-hydrogen) atoms. The Hall–Kier alpha value is -3.41. The molecule has 0 radical (unpaired) electrons. The largest absolute Gasteiger partial charge is 0.394 e. The lowest BCUT2D eigenvalue weighted by molar-refractivity contribution is -0.302. The SMILES string of the molecule is CC/C=C\C/C=C\C/C=C\C/C=C\C/C=C\C/C=C\C/C=C\C/C=C\C/C=C\CCCCCCCC(=O)NC(COC1OC(CO)C(O)C(O)C1O)C(O)/C=C/CCCCCCCCCCCCCCCCCCCCC. The van der Waals surface area contributed by atoms with Crippen LogP contribution in [0, 0.1) is 0 Å². The van der Waals surface area contributed by atoms with Crippen molar-refractivity contribution in [3.63, 3.8) is 0 Å². The molecule has 1 aliphatic rings. The van der Waals surface area contributed by atoms with Gasteiger partial charge in [-0.05, 0) is 89.9 Å². The first-order valence-electron chi connectivity index (χ1n) is 31.3. The summed E-state index contributed by atoms with van der Waals surface area (Å²) >= 11 is 0. The first-order chi connectivity index (χ1) is 37.8. The average molecular weight is 1070 g/mol. The second-order valence-electron chi connectivity index (χ2n) is 21.1. The number of unbranched alkanes of at least 4 members (excludes halogenated alkanes) is 24. The highest BCUT2D eigenvalue weighted by atomic mass is 16.7. The zero-order valence-corrected chi connectivity index (χ0v) is 48.9. The molecule has 0 aromatic rings. The van der Waals surface area contributed by atoms with E-state index in [2.05, 4.69) is 129 Å². The number of allylic oxidation sites excluding steroid dienone is 19. The van der Waals surface area contributed by atoms with Crippen molar-refractivity contribution in [1.29, 1.82) is 0 Å². The van der Waals surface area contributed by atoms with Crippen LogP contribution in [0.2, 0.25) is 0 Å². The average Bonchev–Trinajstić information content (AvgIpc) is 3.43. The first kappa shape index (κ1) is 71.6. The molecule has 1 aliphatic heterocycles. The van der Waals surface area contributed by atoms with E-state index in [1.54, 1.807) is 6.08 Å². The first-order valence-corrected chi connectivity index (χ1v) is 31.3. The van der Waals surface area contributed by atoms with Gasteiger partial charge < -0.3 is 40.3 Å². The quantitative estimate of drug-likeness (QED) is 0.0261. The van der Waals surface area contributed by atoms with Crippen LogP contribution in [0.25, 0.3) is 0 Å². The Labute approximate surface area is 471 Å². The van der Waals surface area contributed by atoms with Gasteiger partial charge in [0.2, 0.25) is 5.91 Å². The molecule has 1 fully saturated rings. The standard InChI is InChI=1S/C68H115NO8/c1-3-5-7-9-11-13-15-17-19-21-23-25-26-27-28-29-30-31-32-33-34-35-36-38-40-42-44-46-48-50-52-54-56-58-64(72)69-61(60-76-68-67(75)66(74)65(73)63(59-70)77-68)62(71)57-55-53-51-49-47-45-43-41-39-37-24-22-20-18-16-14-12-10-8-6-4-2/h5,7,11,13,17,19,23,25,27-28,30-31,33-34,36,38,42,44,55,57,61-63,65-68,70-71,73-75H,3-4,6,8-10,12,14-16,18,20-22,24,26,29,32,35,37,39-41,43,45-54,56,58-60H2,1-2H3,(H,69,72)/b7-5-,13-11-,19-17-,25-23-,28-27-,31-30-,34-33-,38-36-,44-42-,57-55+. The van der Waals surface area contributed by atoms with Crippen molar-refractivity contribution in [2.24, 2.45) is 0 Å². The topological polar surface area (TPSA) is 149 Å². The van der Waals surface area contributed by atoms with E-state index in [9.17, 15) is 30.3 Å². The Morgan fingerprint density at radius 1 is 0.455 bits per heavy atom. The summed E-state index contributed by atoms with van der Waals surface area (Å²) in [7, 11) is 0. The Morgan fingerprint density at radius 2 is 0.805 bits per heavy atom. The lowest BCUT2D eigenvalue weighted by Crippen LogP contribution is -2.60. The smallest absolute Gasteiger partial charge is 0.220 e. The van der Waals surface area contributed by atoms with Gasteiger partial charge in [0.15, 0.2) is 6.29 Å². The molecule has 0 aromatic carbocycles. The minimum atomic E-state index is -1.58. The van der Waals surface area contributed by atoms with Gasteiger partial charge in [-0.15, -0.1) is 0 Å². The zero-order chi connectivity index (χ0) is 55.8. The summed E-state index contributed by atoms with van der Waals surface area (Å²) in [4.78, 5) is 13.1. The number of ether oxygens (including phenoxy) is 2. The molecule has 9 heteroatoms. The van der Waals surface area contributed by atoms with Crippen molar-refractivity contribution in [2.45, 2.75) is 288 Å². The lowest BCUT2D eigenvalue weighted by Gasteiger charge is -2.40. The molecule has 440 valence electrons. The van der Waals surface area contributed by atoms with Gasteiger partial charge in [-0.3, -0.25) is 4.79 Å². The van der Waals surface area contributed by atoms with Crippen molar-refractivity contribution >= 4 is 5.91 Å². The van der Waals surface area contributed by atoms with Crippen LogP contribution in [0.5, 0.6) is 0 Å². The van der Waals surface area contributed by atoms with Crippen LogP contribution in [-0.4, -0.2) is 87.5 Å². The third-order valence-electron chi connectivity index (χ3n) is 14.0. The highest BCUT2D eigenvalue weighted by Crippen LogP contribution is 2.23. The third kappa shape index (κ3) is 45.1. The molecule has 6 N–H and O–H groups in total. The van der Waals surface area contributed by atoms with E-state index in [1.165, 1.54) is 109 Å². The van der Waals surface area contributed by atoms with Crippen LogP contribution in [0.1, 0.15) is 245 Å². The van der Waals surface area contributed by atoms with Gasteiger partial charge in [-0.2, -0.15) is 0 Å². The van der Waals surface area contributed by atoms with Crippen molar-refractivity contribution in [3.8, 4) is 0 Å². The predicted octanol–water partition coefficient (Wildman–Crippen LogP) is 16.3. The summed E-state index contributed by atoms with van der Waals surface area (Å²) in [5, 5.41) is 54.6. The van der Waals surface area contributed by atoms with Gasteiger partial charge in [0.1, 0.15) is 24.4 Å². The van der Waals surface area contributed by atoms with Gasteiger partial charge in [0.25, 0.3) is 0 Å². The van der Waals surface area contributed by atoms with E-state index in [1.807, 2.05) is 6.08 Å². The zero-order valence-electron chi connectivity index (χ0n) is 48.9. The predicted molar refractivity (Wildman–Crippen MR) is 327 cm³/mol. The number of hydrogen-bond donors (Lipinski definition) is 6. The monoisotopic (exact) mass is 1070 g/mol. The molecule has 0 aromatic heterocycles. The van der Waals surface area contributed by atoms with Gasteiger partial charge in [-0.1, -0.05) is 270 Å². The van der Waals surface area contributed by atoms with Crippen molar-refractivity contribution in [2.75, 3.05) is 13.2 Å². The summed E-state index contributed by atoms with van der Waals surface area (Å²) in [6.07, 6.45) is 76.9. The van der Waals surface area contributed by atoms with E-state index in [-0.39, 0.29) is 12.5 Å². The molecular weight excluding hydrogens is 959 g/mol. The van der Waals surface area contributed by atoms with Crippen LogP contribution in [0.3, 0.4) is 0 Å². The summed E-state index contributed by atoms with van der Waals surface area (Å²) in [5.74, 6) is -0.199. The minimum Gasteiger partial charge on any atom is -0.394 e. The van der Waals surface area contributed by atoms with Gasteiger partial charge in [0.05, 0.1) is 25.4 Å². The maximum Gasteiger partial charge on any atom is 0.220 e. The Balaban J connectivity index is 2.24. The molecule has 1 amide bonds. The second kappa shape index (κ2) is 55.9. The van der Waals surface area contributed by atoms with Gasteiger partial charge in [0, 0.05) is 6.42 Å². The van der Waals surface area contributed by atoms with E-state index >= 15 is 0 Å². The molecule has 0 saturated carbocycles. The number of rotatable bonds is 52. The van der Waals surface area contributed by atoms with Crippen LogP contribution in [-0.2, 0) is 14.3 Å². The normalized spacial score (nSPS) is 19.6. The third-order valence-corrected chi connectivity index (χ3v) is 14.0. The Morgan fingerprint density at radius 3 is 1.19 bits per heavy atom. The molecule has 1 heterocycles. The fourth-order valence-corrected chi connectivity index (χ4v) is 9.15. The minimum absolute atomic E-state index is 0.199. The van der Waals surface area contributed by atoms with Crippen LogP contribution >= 0.6 is 0 Å². The van der Waals surface area contributed by atoms with Gasteiger partial charge >= 0.3 is 0 Å². The fourth-order valence-electron chi connectivity index (χ4n) is 9.15. The molecule has 0 aliphatic carbocycles. The van der Waals surface area contributed by atoms with E-state index in [0.29, 0.717) is 6.42 Å². The molecule has 0 spiro atoms. The summed E-state index contributed by atoms with van der Waals surface area (Å²) in [6, 6.07) is -0.826. The molecule has 9 nitrogen and oxygen atoms in total. The Bertz CT molecular complexity index is 1620. The number of amides is 1. The number of hydrogen-bond acceptors (Lipinski definition) is 8. The van der Waals surface area contributed by atoms with Crippen molar-refractivity contribution in [1.82, 2.24) is 5.32 Å². The van der Waals surface area contributed by atoms with Crippen LogP contribution < -0.4 is 5.32 Å². The number of aliphatic hydroxyl groups excluding tert-OH is 5. The van der Waals surface area contributed by atoms with E-state index < -0.39 is 49.5 Å². The van der Waals surface area contributed by atoms with E-state index in [4.69, 9.17) is 9.47 Å². The van der Waals surface area contributed by atoms with Crippen molar-refractivity contribution in [3.05, 3.63) is 122 Å². The highest BCUT2D eigenvalue weighted by molar-refractivity contribution is 5.76. The van der Waals surface area contributed by atoms with Gasteiger partial charge in [-0.25, -0.2) is 0 Å². The maximum atomic E-state index is 13.1. The molecule has 1 rings (SSSR count). The molecule has 0 bridgehead atoms. The van der Waals surface area contributed by atoms with Crippen LogP contribution in [0.4, 0.5) is 0 Å². The molecule has 1 saturated heterocycles. The molecule has 7 atom stereocenters. The lowest BCUT2D eigenvalue weighted by atomic mass is 9.99. The summed E-state index contributed by atoms with van der Waals surface area (Å²) in [5.41, 5.74) is 0. The van der Waals surface area contributed by atoms with Crippen molar-refractivity contribution < 1.29 is 39.8 Å². The number of aliphatic hydroxyl groups is 5. The number of nitrogens with one attached hydrogen (secondary N) is 1. The second-order valence-corrected chi connectivity index (χ2v) is 21.1. The van der Waals surface area contributed by atoms with E-state index in [0.717, 1.165) is 116 Å². The maximum absolute atomic E-state index is 13.1. The molecule has 7 unspecified atom stereocenters. The highest BCUT2D eigenvalue weighted by Gasteiger charge is 2.44. The number of carbonyl (C=O) groups is 1. The fraction of sp³-hybridized carbons (Fsp3) is 0.691. The molecular formula is C68H115NO8. The Kier molecular flexibility index (Phi) is 52.0. The summed E-state index contributed by atoms with van der Waals surface area (Å²) < 4.78 is 11.3. The number of carbonyl (C=O) groups excluding carboxylic acids is 1. The summed E-state index contributed by atoms with van der Waals surface area (Å²) in [6.45, 7) is 3.66.